The molecule has 0 aliphatic carbocycles. The summed E-state index contributed by atoms with van der Waals surface area (Å²) in [5.74, 6) is -1.07. The Bertz CT molecular complexity index is 1400. The molecule has 1 heterocycles. The number of nitrogens with one attached hydrogen (secondary N) is 3. The molecule has 0 radical (unpaired) electrons. The molecule has 2 amide bonds. The largest absolute Gasteiger partial charge is 0.352 e. The van der Waals surface area contributed by atoms with E-state index in [1.165, 1.54) is 6.07 Å². The van der Waals surface area contributed by atoms with Crippen LogP contribution in [-0.2, 0) is 22.6 Å². The summed E-state index contributed by atoms with van der Waals surface area (Å²) in [7, 11) is 0. The highest BCUT2D eigenvalue weighted by Gasteiger charge is 2.12. The first-order chi connectivity index (χ1) is 17.0. The van der Waals surface area contributed by atoms with Crippen molar-refractivity contribution in [3.63, 3.8) is 0 Å². The number of halogens is 1. The molecule has 0 fully saturated rings. The lowest BCUT2D eigenvalue weighted by Crippen LogP contribution is -2.23. The minimum atomic E-state index is -0.554. The van der Waals surface area contributed by atoms with E-state index in [0.29, 0.717) is 30.5 Å². The van der Waals surface area contributed by atoms with E-state index in [1.54, 1.807) is 24.3 Å². The van der Waals surface area contributed by atoms with Crippen molar-refractivity contribution in [3.8, 4) is 0 Å². The number of H-pyrrole nitrogens is 1. The zero-order valence-corrected chi connectivity index (χ0v) is 19.0. The Morgan fingerprint density at radius 3 is 2.37 bits per heavy atom. The van der Waals surface area contributed by atoms with E-state index >= 15 is 0 Å². The highest BCUT2D eigenvalue weighted by Crippen LogP contribution is 2.21. The summed E-state index contributed by atoms with van der Waals surface area (Å²) in [5.41, 5.74) is 2.16. The van der Waals surface area contributed by atoms with E-state index in [0.717, 1.165) is 16.5 Å². The number of hydrogen-bond acceptors (Lipinski definition) is 4. The molecule has 0 atom stereocenters. The normalized spacial score (nSPS) is 10.8. The van der Waals surface area contributed by atoms with Gasteiger partial charge in [-0.15, -0.1) is 0 Å². The van der Waals surface area contributed by atoms with Gasteiger partial charge in [-0.3, -0.25) is 14.4 Å². The predicted molar refractivity (Wildman–Crippen MR) is 132 cm³/mol. The Labute approximate surface area is 201 Å². The Balaban J connectivity index is 1.32. The highest BCUT2D eigenvalue weighted by atomic mass is 19.1. The van der Waals surface area contributed by atoms with Gasteiger partial charge in [-0.25, -0.2) is 9.49 Å². The number of rotatable bonds is 9. The fourth-order valence-electron chi connectivity index (χ4n) is 3.78. The number of benzene rings is 3. The van der Waals surface area contributed by atoms with Crippen LogP contribution in [0.1, 0.15) is 36.1 Å². The average molecular weight is 473 g/mol. The number of carbonyl (C=O) groups excluding carboxylic acids is 2. The number of fused-ring (bicyclic) bond motifs is 1. The third-order valence-electron chi connectivity index (χ3n) is 5.59. The first-order valence-electron chi connectivity index (χ1n) is 11.3. The number of anilines is 1. The van der Waals surface area contributed by atoms with Crippen molar-refractivity contribution in [1.29, 1.82) is 0 Å². The van der Waals surface area contributed by atoms with Crippen molar-refractivity contribution in [1.82, 2.24) is 15.5 Å². The van der Waals surface area contributed by atoms with Gasteiger partial charge >= 0.3 is 0 Å². The number of carbonyl (C=O) groups is 2. The summed E-state index contributed by atoms with van der Waals surface area (Å²) < 4.78 is 14.3. The van der Waals surface area contributed by atoms with E-state index in [1.807, 2.05) is 42.5 Å². The Hall–Kier alpha value is -4.33. The van der Waals surface area contributed by atoms with Crippen molar-refractivity contribution >= 4 is 28.3 Å². The zero-order valence-electron chi connectivity index (χ0n) is 19.0. The standard InChI is InChI=1S/C27H25FN4O3/c28-22-14-13-19(15-23-20-9-4-5-10-21(20)27(35)32-31-23)16-24(22)30-26(34)12-6-11-25(33)29-17-18-7-2-1-3-8-18/h1-5,7-10,13-14,16H,6,11-12,15,17H2,(H,29,33)(H,30,34)(H,32,35). The van der Waals surface area contributed by atoms with Crippen molar-refractivity contribution in [2.24, 2.45) is 0 Å². The predicted octanol–water partition coefficient (Wildman–Crippen LogP) is 4.08. The van der Waals surface area contributed by atoms with Crippen LogP contribution in [-0.4, -0.2) is 22.0 Å². The van der Waals surface area contributed by atoms with E-state index < -0.39 is 5.82 Å². The van der Waals surface area contributed by atoms with E-state index in [-0.39, 0.29) is 35.9 Å². The van der Waals surface area contributed by atoms with Crippen LogP contribution in [0.4, 0.5) is 10.1 Å². The first kappa shape index (κ1) is 23.8. The van der Waals surface area contributed by atoms with Gasteiger partial charge in [0, 0.05) is 31.2 Å². The second-order valence-electron chi connectivity index (χ2n) is 8.20. The minimum Gasteiger partial charge on any atom is -0.352 e. The van der Waals surface area contributed by atoms with Crippen LogP contribution in [0.25, 0.3) is 10.8 Å². The van der Waals surface area contributed by atoms with Crippen LogP contribution in [0, 0.1) is 5.82 Å². The molecule has 0 unspecified atom stereocenters. The van der Waals surface area contributed by atoms with E-state index in [4.69, 9.17) is 0 Å². The number of aromatic amines is 1. The number of hydrogen-bond donors (Lipinski definition) is 3. The molecule has 0 spiro atoms. The topological polar surface area (TPSA) is 104 Å². The SMILES string of the molecule is O=C(CCCC(=O)Nc1cc(Cc2n[nH]c(=O)c3ccccc23)ccc1F)NCc1ccccc1. The van der Waals surface area contributed by atoms with Gasteiger partial charge in [0.2, 0.25) is 11.8 Å². The molecule has 35 heavy (non-hydrogen) atoms. The average Bonchev–Trinajstić information content (AvgIpc) is 2.87. The summed E-state index contributed by atoms with van der Waals surface area (Å²) in [6.07, 6.45) is 0.991. The molecule has 0 bridgehead atoms. The second-order valence-corrected chi connectivity index (χ2v) is 8.20. The van der Waals surface area contributed by atoms with Gasteiger partial charge < -0.3 is 10.6 Å². The highest BCUT2D eigenvalue weighted by molar-refractivity contribution is 5.91. The van der Waals surface area contributed by atoms with Crippen molar-refractivity contribution in [2.75, 3.05) is 5.32 Å². The van der Waals surface area contributed by atoms with Gasteiger partial charge in [0.15, 0.2) is 0 Å². The van der Waals surface area contributed by atoms with Crippen LogP contribution in [0.3, 0.4) is 0 Å². The maximum atomic E-state index is 14.3. The van der Waals surface area contributed by atoms with Gasteiger partial charge in [0.25, 0.3) is 5.56 Å². The molecule has 3 aromatic carbocycles. The zero-order chi connectivity index (χ0) is 24.6. The van der Waals surface area contributed by atoms with Crippen LogP contribution in [0.15, 0.2) is 77.6 Å². The van der Waals surface area contributed by atoms with E-state index in [2.05, 4.69) is 20.8 Å². The van der Waals surface area contributed by atoms with Crippen molar-refractivity contribution in [2.45, 2.75) is 32.2 Å². The summed E-state index contributed by atoms with van der Waals surface area (Å²) >= 11 is 0. The fourth-order valence-corrected chi connectivity index (χ4v) is 3.78. The quantitative estimate of drug-likeness (QED) is 0.341. The fraction of sp³-hybridized carbons (Fsp3) is 0.185. The van der Waals surface area contributed by atoms with Crippen LogP contribution in [0.2, 0.25) is 0 Å². The molecule has 178 valence electrons. The smallest absolute Gasteiger partial charge is 0.272 e. The molecular weight excluding hydrogens is 447 g/mol. The van der Waals surface area contributed by atoms with Gasteiger partial charge in [0.05, 0.1) is 16.8 Å². The van der Waals surface area contributed by atoms with Gasteiger partial charge in [-0.2, -0.15) is 5.10 Å². The van der Waals surface area contributed by atoms with Gasteiger partial charge in [-0.05, 0) is 35.7 Å². The van der Waals surface area contributed by atoms with E-state index in [9.17, 15) is 18.8 Å². The van der Waals surface area contributed by atoms with Gasteiger partial charge in [0.1, 0.15) is 5.82 Å². The monoisotopic (exact) mass is 472 g/mol. The van der Waals surface area contributed by atoms with Gasteiger partial charge in [-0.1, -0.05) is 54.6 Å². The molecule has 0 saturated heterocycles. The number of aromatic nitrogens is 2. The van der Waals surface area contributed by atoms with Crippen molar-refractivity contribution < 1.29 is 14.0 Å². The molecular formula is C27H25FN4O3. The molecule has 4 aromatic rings. The molecule has 7 nitrogen and oxygen atoms in total. The minimum absolute atomic E-state index is 0.0646. The first-order valence-corrected chi connectivity index (χ1v) is 11.3. The van der Waals surface area contributed by atoms with Crippen LogP contribution in [0.5, 0.6) is 0 Å². The summed E-state index contributed by atoms with van der Waals surface area (Å²) in [4.78, 5) is 36.4. The Morgan fingerprint density at radius 1 is 0.857 bits per heavy atom. The second kappa shape index (κ2) is 11.2. The summed E-state index contributed by atoms with van der Waals surface area (Å²) in [6.45, 7) is 0.434. The number of nitrogens with zero attached hydrogens (tertiary/aromatic N) is 1. The molecule has 8 heteroatoms. The molecule has 0 aliphatic rings. The Morgan fingerprint density at radius 2 is 1.57 bits per heavy atom. The molecule has 3 N–H and O–H groups in total. The Kier molecular flexibility index (Phi) is 7.62. The number of amides is 2. The lowest BCUT2D eigenvalue weighted by atomic mass is 10.0. The van der Waals surface area contributed by atoms with Crippen molar-refractivity contribution in [3.05, 3.63) is 106 Å². The summed E-state index contributed by atoms with van der Waals surface area (Å²) in [6, 6.07) is 21.2. The molecule has 0 aliphatic heterocycles. The third-order valence-corrected chi connectivity index (χ3v) is 5.59. The maximum absolute atomic E-state index is 14.3. The third kappa shape index (κ3) is 6.38. The molecule has 0 saturated carbocycles. The summed E-state index contributed by atoms with van der Waals surface area (Å²) in [5, 5.41) is 13.3. The lowest BCUT2D eigenvalue weighted by molar-refractivity contribution is -0.121. The molecule has 1 aromatic heterocycles. The lowest BCUT2D eigenvalue weighted by Gasteiger charge is -2.10. The maximum Gasteiger partial charge on any atom is 0.272 e. The molecule has 4 rings (SSSR count). The van der Waals surface area contributed by atoms with Crippen LogP contribution >= 0.6 is 0 Å². The van der Waals surface area contributed by atoms with Crippen LogP contribution < -0.4 is 16.2 Å².